The highest BCUT2D eigenvalue weighted by Crippen LogP contribution is 2.45. The normalized spacial score (nSPS) is 38.7. The van der Waals surface area contributed by atoms with Gasteiger partial charge in [0.15, 0.2) is 0 Å². The van der Waals surface area contributed by atoms with Crippen LogP contribution < -0.4 is 11.1 Å². The van der Waals surface area contributed by atoms with Crippen molar-refractivity contribution in [1.29, 1.82) is 0 Å². The van der Waals surface area contributed by atoms with Gasteiger partial charge in [0.05, 0.1) is 0 Å². The fourth-order valence-corrected chi connectivity index (χ4v) is 3.63. The van der Waals surface area contributed by atoms with E-state index < -0.39 is 18.6 Å². The van der Waals surface area contributed by atoms with Gasteiger partial charge in [-0.25, -0.2) is 0 Å². The largest absolute Gasteiger partial charge is 0.480 e. The minimum absolute atomic E-state index is 0.000880. The Morgan fingerprint density at radius 2 is 2.22 bits per heavy atom. The average molecular weight is 256 g/mol. The first kappa shape index (κ1) is 13.8. The molecule has 1 saturated heterocycles. The predicted molar refractivity (Wildman–Crippen MR) is 66.8 cm³/mol. The lowest BCUT2D eigenvalue weighted by Gasteiger charge is -2.31. The standard InChI is InChI=1S/C11H21BN2O4/c13-11(10(15)16)7(2-1-4-12(17)18)6-9-8(11)3-5-14-9/h7-9,14,17-18H,1-6,13H2,(H,15,16)/t7-,8+,9+,11+/m0/s1. The third-order valence-corrected chi connectivity index (χ3v) is 4.56. The van der Waals surface area contributed by atoms with E-state index in [9.17, 15) is 9.90 Å². The number of nitrogens with one attached hydrogen (secondary N) is 1. The smallest absolute Gasteiger partial charge is 0.451 e. The monoisotopic (exact) mass is 256 g/mol. The van der Waals surface area contributed by atoms with E-state index in [1.807, 2.05) is 0 Å². The molecule has 0 spiro atoms. The Balaban J connectivity index is 2.03. The molecule has 6 N–H and O–H groups in total. The highest BCUT2D eigenvalue weighted by Gasteiger charge is 2.58. The predicted octanol–water partition coefficient (Wildman–Crippen LogP) is -0.980. The number of rotatable bonds is 5. The number of nitrogens with two attached hydrogens (primary N) is 1. The maximum atomic E-state index is 11.5. The SMILES string of the molecule is N[C@]1(C(=O)O)[C@@H](CCCB(O)O)C[C@H]2NCC[C@H]21. The van der Waals surface area contributed by atoms with Crippen LogP contribution in [0.4, 0.5) is 0 Å². The molecule has 18 heavy (non-hydrogen) atoms. The van der Waals surface area contributed by atoms with Crippen LogP contribution in [0.3, 0.4) is 0 Å². The zero-order chi connectivity index (χ0) is 13.3. The summed E-state index contributed by atoms with van der Waals surface area (Å²) in [6.07, 6.45) is 3.08. The van der Waals surface area contributed by atoms with Crippen LogP contribution in [-0.2, 0) is 4.79 Å². The van der Waals surface area contributed by atoms with Crippen molar-refractivity contribution in [2.24, 2.45) is 17.6 Å². The Bertz CT molecular complexity index is 328. The summed E-state index contributed by atoms with van der Waals surface area (Å²) >= 11 is 0. The van der Waals surface area contributed by atoms with Crippen LogP contribution in [0.1, 0.15) is 25.7 Å². The number of hydrogen-bond acceptors (Lipinski definition) is 5. The van der Waals surface area contributed by atoms with Gasteiger partial charge < -0.3 is 26.2 Å². The van der Waals surface area contributed by atoms with Crippen molar-refractivity contribution in [1.82, 2.24) is 5.32 Å². The summed E-state index contributed by atoms with van der Waals surface area (Å²) in [4.78, 5) is 11.5. The van der Waals surface area contributed by atoms with Crippen molar-refractivity contribution in [3.05, 3.63) is 0 Å². The molecule has 2 aliphatic rings. The van der Waals surface area contributed by atoms with Crippen LogP contribution in [0, 0.1) is 11.8 Å². The van der Waals surface area contributed by atoms with Crippen LogP contribution in [0.25, 0.3) is 0 Å². The molecule has 0 aromatic heterocycles. The lowest BCUT2D eigenvalue weighted by molar-refractivity contribution is -0.146. The molecule has 2 rings (SSSR count). The van der Waals surface area contributed by atoms with Crippen molar-refractivity contribution >= 4 is 13.1 Å². The molecule has 1 heterocycles. The summed E-state index contributed by atoms with van der Waals surface area (Å²) in [5, 5.41) is 30.4. The van der Waals surface area contributed by atoms with Gasteiger partial charge in [-0.1, -0.05) is 6.42 Å². The minimum atomic E-state index is -1.32. The lowest BCUT2D eigenvalue weighted by Crippen LogP contribution is -2.56. The first-order valence-corrected chi connectivity index (χ1v) is 6.58. The molecule has 0 aromatic rings. The molecule has 0 unspecified atom stereocenters. The molecule has 1 aliphatic carbocycles. The highest BCUT2D eigenvalue weighted by atomic mass is 16.4. The van der Waals surface area contributed by atoms with E-state index in [2.05, 4.69) is 5.32 Å². The van der Waals surface area contributed by atoms with Gasteiger partial charge in [0.1, 0.15) is 5.54 Å². The lowest BCUT2D eigenvalue weighted by atomic mass is 9.75. The Hall–Kier alpha value is -0.625. The second kappa shape index (κ2) is 5.17. The van der Waals surface area contributed by atoms with Gasteiger partial charge in [-0.3, -0.25) is 4.79 Å². The molecule has 4 atom stereocenters. The topological polar surface area (TPSA) is 116 Å². The van der Waals surface area contributed by atoms with Crippen molar-refractivity contribution < 1.29 is 19.9 Å². The van der Waals surface area contributed by atoms with Crippen molar-refractivity contribution in [3.63, 3.8) is 0 Å². The van der Waals surface area contributed by atoms with E-state index >= 15 is 0 Å². The van der Waals surface area contributed by atoms with Gasteiger partial charge in [0.2, 0.25) is 0 Å². The highest BCUT2D eigenvalue weighted by molar-refractivity contribution is 6.40. The first-order valence-electron chi connectivity index (χ1n) is 6.58. The molecule has 0 radical (unpaired) electrons. The third kappa shape index (κ3) is 2.27. The first-order chi connectivity index (χ1) is 8.46. The maximum absolute atomic E-state index is 11.5. The zero-order valence-electron chi connectivity index (χ0n) is 10.4. The number of fused-ring (bicyclic) bond motifs is 1. The number of carboxylic acid groups (broad SMARTS) is 1. The molecule has 2 fully saturated rings. The average Bonchev–Trinajstić information content (AvgIpc) is 2.82. The second-order valence-electron chi connectivity index (χ2n) is 5.54. The summed E-state index contributed by atoms with van der Waals surface area (Å²) in [5.41, 5.74) is 5.03. The molecule has 1 saturated carbocycles. The molecular weight excluding hydrogens is 235 g/mol. The van der Waals surface area contributed by atoms with Crippen LogP contribution in [0.2, 0.25) is 6.32 Å². The van der Waals surface area contributed by atoms with Gasteiger partial charge in [0, 0.05) is 12.0 Å². The number of aliphatic carboxylic acids is 1. The zero-order valence-corrected chi connectivity index (χ0v) is 10.4. The van der Waals surface area contributed by atoms with Gasteiger partial charge in [-0.05, 0) is 38.0 Å². The van der Waals surface area contributed by atoms with Crippen molar-refractivity contribution in [2.75, 3.05) is 6.54 Å². The van der Waals surface area contributed by atoms with Gasteiger partial charge >= 0.3 is 13.1 Å². The Labute approximate surface area is 107 Å². The number of carbonyl (C=O) groups is 1. The van der Waals surface area contributed by atoms with Gasteiger partial charge in [0.25, 0.3) is 0 Å². The third-order valence-electron chi connectivity index (χ3n) is 4.56. The minimum Gasteiger partial charge on any atom is -0.480 e. The van der Waals surface area contributed by atoms with Crippen LogP contribution in [0.15, 0.2) is 0 Å². The van der Waals surface area contributed by atoms with Gasteiger partial charge in [-0.2, -0.15) is 0 Å². The molecule has 0 amide bonds. The summed E-state index contributed by atoms with van der Waals surface area (Å²) in [6, 6.07) is 0.204. The van der Waals surface area contributed by atoms with Crippen LogP contribution in [0.5, 0.6) is 0 Å². The van der Waals surface area contributed by atoms with E-state index in [0.717, 1.165) is 19.4 Å². The summed E-state index contributed by atoms with van der Waals surface area (Å²) < 4.78 is 0. The molecule has 0 aromatic carbocycles. The second-order valence-corrected chi connectivity index (χ2v) is 5.54. The quantitative estimate of drug-likeness (QED) is 0.404. The fraction of sp³-hybridized carbons (Fsp3) is 0.909. The molecule has 7 heteroatoms. The summed E-state index contributed by atoms with van der Waals surface area (Å²) in [7, 11) is -1.32. The Morgan fingerprint density at radius 1 is 1.50 bits per heavy atom. The number of carboxylic acids is 1. The Kier molecular flexibility index (Phi) is 3.96. The molecule has 0 bridgehead atoms. The maximum Gasteiger partial charge on any atom is 0.451 e. The molecule has 6 nitrogen and oxygen atoms in total. The van der Waals surface area contributed by atoms with E-state index in [0.29, 0.717) is 12.8 Å². The van der Waals surface area contributed by atoms with E-state index in [-0.39, 0.29) is 24.2 Å². The summed E-state index contributed by atoms with van der Waals surface area (Å²) in [5.74, 6) is -1.01. The fourth-order valence-electron chi connectivity index (χ4n) is 3.63. The van der Waals surface area contributed by atoms with E-state index in [1.165, 1.54) is 0 Å². The summed E-state index contributed by atoms with van der Waals surface area (Å²) in [6.45, 7) is 0.837. The molecular formula is C11H21BN2O4. The Morgan fingerprint density at radius 3 is 2.83 bits per heavy atom. The van der Waals surface area contributed by atoms with Crippen LogP contribution >= 0.6 is 0 Å². The van der Waals surface area contributed by atoms with E-state index in [4.69, 9.17) is 15.8 Å². The van der Waals surface area contributed by atoms with E-state index in [1.54, 1.807) is 0 Å². The van der Waals surface area contributed by atoms with Gasteiger partial charge in [-0.15, -0.1) is 0 Å². The number of hydrogen-bond donors (Lipinski definition) is 5. The molecule has 102 valence electrons. The van der Waals surface area contributed by atoms with Crippen LogP contribution in [-0.4, -0.2) is 46.4 Å². The van der Waals surface area contributed by atoms with Crippen molar-refractivity contribution in [2.45, 2.75) is 43.6 Å². The molecule has 1 aliphatic heterocycles. The van der Waals surface area contributed by atoms with Crippen molar-refractivity contribution in [3.8, 4) is 0 Å².